The highest BCUT2D eigenvalue weighted by molar-refractivity contribution is 5.73. The molecule has 2 N–H and O–H groups in total. The number of amides is 2. The number of carbonyl (C=O) groups is 1. The lowest BCUT2D eigenvalue weighted by Gasteiger charge is -2.10. The number of para-hydroxylation sites is 1. The lowest BCUT2D eigenvalue weighted by molar-refractivity contribution is 0.239. The molecule has 0 unspecified atom stereocenters. The van der Waals surface area contributed by atoms with Crippen molar-refractivity contribution in [1.29, 1.82) is 0 Å². The zero-order valence-corrected chi connectivity index (χ0v) is 14.5. The molecule has 0 saturated heterocycles. The van der Waals surface area contributed by atoms with Gasteiger partial charge in [0.2, 0.25) is 0 Å². The van der Waals surface area contributed by atoms with Crippen LogP contribution in [0.25, 0.3) is 0 Å². The first kappa shape index (κ1) is 17.9. The molecule has 0 radical (unpaired) electrons. The van der Waals surface area contributed by atoms with Crippen LogP contribution in [-0.4, -0.2) is 25.7 Å². The predicted molar refractivity (Wildman–Crippen MR) is 97.6 cm³/mol. The first-order valence-corrected chi connectivity index (χ1v) is 8.41. The van der Waals surface area contributed by atoms with E-state index in [1.807, 2.05) is 37.3 Å². The number of benzene rings is 2. The Morgan fingerprint density at radius 1 is 1.00 bits per heavy atom. The minimum Gasteiger partial charge on any atom is -0.493 e. The molecule has 4 nitrogen and oxygen atoms in total. The largest absolute Gasteiger partial charge is 0.493 e. The maximum absolute atomic E-state index is 11.7. The molecule has 2 aromatic rings. The van der Waals surface area contributed by atoms with E-state index >= 15 is 0 Å². The van der Waals surface area contributed by atoms with E-state index in [0.29, 0.717) is 19.7 Å². The van der Waals surface area contributed by atoms with Crippen molar-refractivity contribution in [1.82, 2.24) is 10.6 Å². The summed E-state index contributed by atoms with van der Waals surface area (Å²) in [5, 5.41) is 5.73. The van der Waals surface area contributed by atoms with Crippen LogP contribution in [0, 0.1) is 13.8 Å². The SMILES string of the molecule is Cc1cccc(CCNC(=O)NCCCOc2ccccc2C)c1. The van der Waals surface area contributed by atoms with E-state index < -0.39 is 0 Å². The second kappa shape index (κ2) is 9.60. The molecule has 0 spiro atoms. The molecule has 2 rings (SSSR count). The lowest BCUT2D eigenvalue weighted by atomic mass is 10.1. The van der Waals surface area contributed by atoms with Crippen LogP contribution in [0.15, 0.2) is 48.5 Å². The van der Waals surface area contributed by atoms with Crippen molar-refractivity contribution in [3.05, 3.63) is 65.2 Å². The fourth-order valence-electron chi connectivity index (χ4n) is 2.43. The normalized spacial score (nSPS) is 10.2. The fourth-order valence-corrected chi connectivity index (χ4v) is 2.43. The summed E-state index contributed by atoms with van der Waals surface area (Å²) in [7, 11) is 0. The molecule has 0 aliphatic rings. The molecule has 2 aromatic carbocycles. The van der Waals surface area contributed by atoms with Crippen LogP contribution in [0.5, 0.6) is 5.75 Å². The molecule has 0 heterocycles. The van der Waals surface area contributed by atoms with Gasteiger partial charge in [-0.05, 0) is 43.9 Å². The van der Waals surface area contributed by atoms with Crippen molar-refractivity contribution in [2.24, 2.45) is 0 Å². The van der Waals surface area contributed by atoms with Crippen LogP contribution in [0.3, 0.4) is 0 Å². The Bertz CT molecular complexity index is 656. The van der Waals surface area contributed by atoms with Crippen molar-refractivity contribution >= 4 is 6.03 Å². The number of carbonyl (C=O) groups excluding carboxylic acids is 1. The third-order valence-electron chi connectivity index (χ3n) is 3.74. The molecule has 2 amide bonds. The Labute approximate surface area is 144 Å². The molecule has 0 saturated carbocycles. The summed E-state index contributed by atoms with van der Waals surface area (Å²) in [6, 6.07) is 16.1. The van der Waals surface area contributed by atoms with E-state index in [4.69, 9.17) is 4.74 Å². The summed E-state index contributed by atoms with van der Waals surface area (Å²) >= 11 is 0. The second-order valence-corrected chi connectivity index (χ2v) is 5.89. The van der Waals surface area contributed by atoms with E-state index in [2.05, 4.69) is 35.8 Å². The summed E-state index contributed by atoms with van der Waals surface area (Å²) in [5.74, 6) is 0.903. The molecule has 0 atom stereocenters. The number of hydrogen-bond acceptors (Lipinski definition) is 2. The summed E-state index contributed by atoms with van der Waals surface area (Å²) in [6.45, 7) is 5.92. The molecule has 0 fully saturated rings. The molecule has 0 aromatic heterocycles. The number of hydrogen-bond donors (Lipinski definition) is 2. The highest BCUT2D eigenvalue weighted by Gasteiger charge is 2.01. The van der Waals surface area contributed by atoms with Crippen LogP contribution < -0.4 is 15.4 Å². The molecule has 0 aliphatic heterocycles. The van der Waals surface area contributed by atoms with Crippen molar-refractivity contribution in [2.75, 3.05) is 19.7 Å². The van der Waals surface area contributed by atoms with Crippen molar-refractivity contribution in [3.8, 4) is 5.75 Å². The first-order chi connectivity index (χ1) is 11.6. The van der Waals surface area contributed by atoms with E-state index in [0.717, 1.165) is 24.2 Å². The van der Waals surface area contributed by atoms with Gasteiger partial charge in [-0.2, -0.15) is 0 Å². The number of nitrogens with one attached hydrogen (secondary N) is 2. The quantitative estimate of drug-likeness (QED) is 0.728. The molecule has 128 valence electrons. The average Bonchev–Trinajstić information content (AvgIpc) is 2.56. The van der Waals surface area contributed by atoms with Crippen LogP contribution in [0.4, 0.5) is 4.79 Å². The maximum Gasteiger partial charge on any atom is 0.314 e. The number of urea groups is 1. The Hall–Kier alpha value is -2.49. The zero-order valence-electron chi connectivity index (χ0n) is 14.5. The number of aryl methyl sites for hydroxylation is 2. The Morgan fingerprint density at radius 3 is 2.58 bits per heavy atom. The van der Waals surface area contributed by atoms with Gasteiger partial charge >= 0.3 is 6.03 Å². The molecule has 24 heavy (non-hydrogen) atoms. The summed E-state index contributed by atoms with van der Waals surface area (Å²) in [6.07, 6.45) is 1.62. The van der Waals surface area contributed by atoms with Gasteiger partial charge in [0.25, 0.3) is 0 Å². The first-order valence-electron chi connectivity index (χ1n) is 8.41. The van der Waals surface area contributed by atoms with Gasteiger partial charge in [-0.1, -0.05) is 48.0 Å². The van der Waals surface area contributed by atoms with E-state index in [1.54, 1.807) is 0 Å². The van der Waals surface area contributed by atoms with Gasteiger partial charge in [0.05, 0.1) is 6.61 Å². The van der Waals surface area contributed by atoms with E-state index in [-0.39, 0.29) is 6.03 Å². The second-order valence-electron chi connectivity index (χ2n) is 5.89. The van der Waals surface area contributed by atoms with Crippen LogP contribution >= 0.6 is 0 Å². The monoisotopic (exact) mass is 326 g/mol. The standard InChI is InChI=1S/C20H26N2O2/c1-16-7-5-9-18(15-16)11-13-22-20(23)21-12-6-14-24-19-10-4-3-8-17(19)2/h3-5,7-10,15H,6,11-14H2,1-2H3,(H2,21,22,23). The van der Waals surface area contributed by atoms with Gasteiger partial charge in [-0.15, -0.1) is 0 Å². The van der Waals surface area contributed by atoms with Crippen LogP contribution in [-0.2, 0) is 6.42 Å². The van der Waals surface area contributed by atoms with E-state index in [9.17, 15) is 4.79 Å². The maximum atomic E-state index is 11.7. The van der Waals surface area contributed by atoms with Crippen molar-refractivity contribution in [3.63, 3.8) is 0 Å². The third-order valence-corrected chi connectivity index (χ3v) is 3.74. The number of ether oxygens (including phenoxy) is 1. The molecule has 0 aliphatic carbocycles. The highest BCUT2D eigenvalue weighted by Crippen LogP contribution is 2.15. The summed E-state index contributed by atoms with van der Waals surface area (Å²) in [4.78, 5) is 11.7. The minimum atomic E-state index is -0.126. The third kappa shape index (κ3) is 6.32. The average molecular weight is 326 g/mol. The number of rotatable bonds is 8. The minimum absolute atomic E-state index is 0.126. The Kier molecular flexibility index (Phi) is 7.15. The predicted octanol–water partition coefficient (Wildman–Crippen LogP) is 3.61. The molecule has 4 heteroatoms. The van der Waals surface area contributed by atoms with Gasteiger partial charge < -0.3 is 15.4 Å². The van der Waals surface area contributed by atoms with Gasteiger partial charge in [-0.25, -0.2) is 4.79 Å². The summed E-state index contributed by atoms with van der Waals surface area (Å²) in [5.41, 5.74) is 3.60. The molecular formula is C20H26N2O2. The fraction of sp³-hybridized carbons (Fsp3) is 0.350. The Morgan fingerprint density at radius 2 is 1.79 bits per heavy atom. The van der Waals surface area contributed by atoms with Crippen LogP contribution in [0.2, 0.25) is 0 Å². The Balaban J connectivity index is 1.54. The highest BCUT2D eigenvalue weighted by atomic mass is 16.5. The molecule has 0 bridgehead atoms. The zero-order chi connectivity index (χ0) is 17.2. The van der Waals surface area contributed by atoms with Gasteiger partial charge in [0, 0.05) is 13.1 Å². The lowest BCUT2D eigenvalue weighted by Crippen LogP contribution is -2.37. The summed E-state index contributed by atoms with van der Waals surface area (Å²) < 4.78 is 5.70. The van der Waals surface area contributed by atoms with Gasteiger partial charge in [0.15, 0.2) is 0 Å². The topological polar surface area (TPSA) is 50.4 Å². The van der Waals surface area contributed by atoms with Gasteiger partial charge in [-0.3, -0.25) is 0 Å². The smallest absolute Gasteiger partial charge is 0.314 e. The van der Waals surface area contributed by atoms with Crippen LogP contribution in [0.1, 0.15) is 23.1 Å². The molecular weight excluding hydrogens is 300 g/mol. The van der Waals surface area contributed by atoms with E-state index in [1.165, 1.54) is 11.1 Å². The van der Waals surface area contributed by atoms with Gasteiger partial charge in [0.1, 0.15) is 5.75 Å². The van der Waals surface area contributed by atoms with Crippen molar-refractivity contribution < 1.29 is 9.53 Å². The van der Waals surface area contributed by atoms with Crippen molar-refractivity contribution in [2.45, 2.75) is 26.7 Å².